The maximum absolute atomic E-state index is 14.2. The van der Waals surface area contributed by atoms with Crippen LogP contribution in [0.5, 0.6) is 5.75 Å². The standard InChI is InChI=1S/C35H27Cl2F3N2O3/c1-45-27-13-8-20(9-14-27)23-17-24-16-22-4-2-3-5-30(22)42(34(44)41-26-12-15-28(36)29(37)19-26)33(32(24)31(43)18-23)21-6-10-25(11-7-21)35(38,39)40/h2-15,19,23,33H,16-18H2,1H3,(H,41,44). The highest BCUT2D eigenvalue weighted by Crippen LogP contribution is 2.48. The molecular weight excluding hydrogens is 624 g/mol. The van der Waals surface area contributed by atoms with Gasteiger partial charge >= 0.3 is 12.2 Å². The minimum absolute atomic E-state index is 0.112. The Balaban J connectivity index is 1.50. The predicted octanol–water partition coefficient (Wildman–Crippen LogP) is 9.80. The Hall–Kier alpha value is -4.27. The number of alkyl halides is 3. The molecule has 2 unspecified atom stereocenters. The molecule has 0 fully saturated rings. The molecule has 1 aliphatic carbocycles. The first kappa shape index (κ1) is 30.7. The van der Waals surface area contributed by atoms with Crippen molar-refractivity contribution < 1.29 is 27.5 Å². The molecule has 2 aliphatic rings. The van der Waals surface area contributed by atoms with Crippen molar-refractivity contribution in [2.75, 3.05) is 17.3 Å². The summed E-state index contributed by atoms with van der Waals surface area (Å²) in [5.41, 5.74) is 3.52. The summed E-state index contributed by atoms with van der Waals surface area (Å²) in [6.07, 6.45) is -3.42. The molecule has 0 spiro atoms. The van der Waals surface area contributed by atoms with Gasteiger partial charge in [-0.05, 0) is 84.0 Å². The van der Waals surface area contributed by atoms with Crippen LogP contribution >= 0.6 is 23.2 Å². The van der Waals surface area contributed by atoms with E-state index in [2.05, 4.69) is 5.32 Å². The average molecular weight is 652 g/mol. The summed E-state index contributed by atoms with van der Waals surface area (Å²) in [4.78, 5) is 29.9. The summed E-state index contributed by atoms with van der Waals surface area (Å²) >= 11 is 12.3. The Morgan fingerprint density at radius 2 is 1.58 bits per heavy atom. The molecule has 45 heavy (non-hydrogen) atoms. The van der Waals surface area contributed by atoms with Gasteiger partial charge in [0, 0.05) is 17.7 Å². The van der Waals surface area contributed by atoms with Crippen LogP contribution in [-0.2, 0) is 17.4 Å². The number of carbonyl (C=O) groups excluding carboxylic acids is 2. The Kier molecular flexibility index (Phi) is 8.37. The molecule has 0 aromatic heterocycles. The van der Waals surface area contributed by atoms with Gasteiger partial charge in [-0.3, -0.25) is 9.69 Å². The molecule has 0 bridgehead atoms. The number of halogens is 5. The summed E-state index contributed by atoms with van der Waals surface area (Å²) in [5, 5.41) is 3.41. The fourth-order valence-electron chi connectivity index (χ4n) is 6.18. The number of hydrogen-bond acceptors (Lipinski definition) is 3. The van der Waals surface area contributed by atoms with Crippen LogP contribution in [0.4, 0.5) is 29.3 Å². The normalized spacial score (nSPS) is 18.2. The number of rotatable bonds is 4. The number of fused-ring (bicyclic) bond motifs is 1. The van der Waals surface area contributed by atoms with E-state index in [9.17, 15) is 22.8 Å². The third-order valence-electron chi connectivity index (χ3n) is 8.32. The number of ketones is 1. The largest absolute Gasteiger partial charge is 0.497 e. The highest BCUT2D eigenvalue weighted by molar-refractivity contribution is 6.42. The van der Waals surface area contributed by atoms with Crippen LogP contribution in [0, 0.1) is 0 Å². The first-order valence-electron chi connectivity index (χ1n) is 14.2. The van der Waals surface area contributed by atoms with Gasteiger partial charge in [-0.1, -0.05) is 71.2 Å². The van der Waals surface area contributed by atoms with Crippen LogP contribution < -0.4 is 15.0 Å². The lowest BCUT2D eigenvalue weighted by Crippen LogP contribution is -2.41. The van der Waals surface area contributed by atoms with Crippen LogP contribution in [0.3, 0.4) is 0 Å². The summed E-state index contributed by atoms with van der Waals surface area (Å²) in [6.45, 7) is 0. The number of nitrogens with zero attached hydrogens (tertiary/aromatic N) is 1. The molecule has 0 radical (unpaired) electrons. The van der Waals surface area contributed by atoms with E-state index in [1.807, 2.05) is 36.4 Å². The van der Waals surface area contributed by atoms with Crippen molar-refractivity contribution in [3.05, 3.63) is 134 Å². The topological polar surface area (TPSA) is 58.6 Å². The van der Waals surface area contributed by atoms with E-state index in [1.54, 1.807) is 31.4 Å². The first-order chi connectivity index (χ1) is 21.5. The smallest absolute Gasteiger partial charge is 0.416 e. The minimum Gasteiger partial charge on any atom is -0.497 e. The molecule has 0 saturated heterocycles. The lowest BCUT2D eigenvalue weighted by molar-refractivity contribution is -0.137. The zero-order valence-electron chi connectivity index (χ0n) is 24.0. The fourth-order valence-corrected chi connectivity index (χ4v) is 6.48. The van der Waals surface area contributed by atoms with E-state index in [-0.39, 0.29) is 23.1 Å². The van der Waals surface area contributed by atoms with Gasteiger partial charge in [0.2, 0.25) is 0 Å². The molecular formula is C35H27Cl2F3N2O3. The molecule has 6 rings (SSSR count). The molecule has 1 aliphatic heterocycles. The number of methoxy groups -OCH3 is 1. The molecule has 230 valence electrons. The summed E-state index contributed by atoms with van der Waals surface area (Å²) in [7, 11) is 1.59. The maximum atomic E-state index is 14.2. The molecule has 1 heterocycles. The van der Waals surface area contributed by atoms with Crippen LogP contribution in [0.15, 0.2) is 102 Å². The summed E-state index contributed by atoms with van der Waals surface area (Å²) in [5.74, 6) is 0.427. The SMILES string of the molecule is COc1ccc(C2CC(=O)C3=C(Cc4ccccc4N(C(=O)Nc4ccc(Cl)c(Cl)c4)C3c3ccc(C(F)(F)F)cc3)C2)cc1. The Labute approximate surface area is 268 Å². The third-order valence-corrected chi connectivity index (χ3v) is 9.06. The van der Waals surface area contributed by atoms with Crippen LogP contribution in [0.25, 0.3) is 0 Å². The minimum atomic E-state index is -4.55. The molecule has 4 aromatic rings. The first-order valence-corrected chi connectivity index (χ1v) is 15.0. The van der Waals surface area contributed by atoms with Crippen molar-refractivity contribution in [1.29, 1.82) is 0 Å². The molecule has 4 aromatic carbocycles. The van der Waals surface area contributed by atoms with Crippen LogP contribution in [0.2, 0.25) is 10.0 Å². The van der Waals surface area contributed by atoms with Crippen molar-refractivity contribution >= 4 is 46.4 Å². The molecule has 2 atom stereocenters. The van der Waals surface area contributed by atoms with Gasteiger partial charge in [-0.2, -0.15) is 13.2 Å². The monoisotopic (exact) mass is 650 g/mol. The van der Waals surface area contributed by atoms with Crippen LogP contribution in [-0.4, -0.2) is 18.9 Å². The van der Waals surface area contributed by atoms with Crippen molar-refractivity contribution in [3.63, 3.8) is 0 Å². The predicted molar refractivity (Wildman–Crippen MR) is 169 cm³/mol. The summed E-state index contributed by atoms with van der Waals surface area (Å²) < 4.78 is 45.9. The van der Waals surface area contributed by atoms with Crippen molar-refractivity contribution in [3.8, 4) is 5.75 Å². The number of urea groups is 1. The summed E-state index contributed by atoms with van der Waals surface area (Å²) in [6, 6.07) is 22.6. The third kappa shape index (κ3) is 6.17. The highest BCUT2D eigenvalue weighted by Gasteiger charge is 2.42. The lowest BCUT2D eigenvalue weighted by Gasteiger charge is -2.36. The second-order valence-electron chi connectivity index (χ2n) is 11.1. The lowest BCUT2D eigenvalue weighted by atomic mass is 9.75. The van der Waals surface area contributed by atoms with Gasteiger partial charge in [0.05, 0.1) is 34.4 Å². The van der Waals surface area contributed by atoms with Crippen molar-refractivity contribution in [1.82, 2.24) is 0 Å². The van der Waals surface area contributed by atoms with E-state index in [1.165, 1.54) is 23.1 Å². The quantitative estimate of drug-likeness (QED) is 0.239. The van der Waals surface area contributed by atoms with Gasteiger partial charge in [0.25, 0.3) is 0 Å². The number of hydrogen-bond donors (Lipinski definition) is 1. The Bertz CT molecular complexity index is 1800. The zero-order chi connectivity index (χ0) is 31.9. The fraction of sp³-hybridized carbons (Fsp3) is 0.200. The van der Waals surface area contributed by atoms with Gasteiger partial charge in [0.1, 0.15) is 5.75 Å². The average Bonchev–Trinajstić information content (AvgIpc) is 3.17. The van der Waals surface area contributed by atoms with E-state index >= 15 is 0 Å². The molecule has 2 amide bonds. The number of allylic oxidation sites excluding steroid dienone is 1. The maximum Gasteiger partial charge on any atom is 0.416 e. The highest BCUT2D eigenvalue weighted by atomic mass is 35.5. The molecule has 10 heteroatoms. The number of para-hydroxylation sites is 1. The zero-order valence-corrected chi connectivity index (χ0v) is 25.5. The number of Topliss-reactive ketones (excluding diaryl/α,β-unsaturated/α-hetero) is 1. The van der Waals surface area contributed by atoms with Gasteiger partial charge < -0.3 is 10.1 Å². The molecule has 0 saturated carbocycles. The number of ether oxygens (including phenoxy) is 1. The van der Waals surface area contributed by atoms with Gasteiger partial charge in [-0.25, -0.2) is 4.79 Å². The second-order valence-corrected chi connectivity index (χ2v) is 11.9. The molecule has 5 nitrogen and oxygen atoms in total. The second kappa shape index (κ2) is 12.3. The number of benzene rings is 4. The Morgan fingerprint density at radius 3 is 2.24 bits per heavy atom. The molecule has 1 N–H and O–H groups in total. The number of nitrogens with one attached hydrogen (secondary N) is 1. The van der Waals surface area contributed by atoms with Crippen molar-refractivity contribution in [2.45, 2.75) is 37.4 Å². The van der Waals surface area contributed by atoms with E-state index in [0.29, 0.717) is 46.1 Å². The number of amides is 2. The number of anilines is 2. The Morgan fingerprint density at radius 1 is 0.889 bits per heavy atom. The van der Waals surface area contributed by atoms with E-state index < -0.39 is 23.8 Å². The van der Waals surface area contributed by atoms with Crippen LogP contribution in [0.1, 0.15) is 47.1 Å². The van der Waals surface area contributed by atoms with Gasteiger partial charge in [-0.15, -0.1) is 0 Å². The number of carbonyl (C=O) groups is 2. The van der Waals surface area contributed by atoms with Gasteiger partial charge in [0.15, 0.2) is 5.78 Å². The van der Waals surface area contributed by atoms with E-state index in [0.717, 1.165) is 28.8 Å². The van der Waals surface area contributed by atoms with Crippen molar-refractivity contribution in [2.24, 2.45) is 0 Å². The van der Waals surface area contributed by atoms with E-state index in [4.69, 9.17) is 27.9 Å².